The number of aromatic nitrogens is 3. The lowest BCUT2D eigenvalue weighted by Gasteiger charge is -2.10. The topological polar surface area (TPSA) is 52.0 Å². The first-order valence-corrected chi connectivity index (χ1v) is 6.60. The Morgan fingerprint density at radius 1 is 1.47 bits per heavy atom. The van der Waals surface area contributed by atoms with Crippen LogP contribution < -0.4 is 5.32 Å². The predicted octanol–water partition coefficient (Wildman–Crippen LogP) is 1.35. The molecule has 1 saturated carbocycles. The highest BCUT2D eigenvalue weighted by Crippen LogP contribution is 2.20. The molecule has 1 aromatic heterocycles. The molecule has 0 saturated heterocycles. The Balaban J connectivity index is 1.65. The molecule has 0 bridgehead atoms. The highest BCUT2D eigenvalue weighted by atomic mass is 16.5. The number of hydrogen-bond acceptors (Lipinski definition) is 4. The van der Waals surface area contributed by atoms with E-state index in [1.54, 1.807) is 0 Å². The first-order chi connectivity index (χ1) is 8.38. The van der Waals surface area contributed by atoms with Crippen molar-refractivity contribution in [3.63, 3.8) is 0 Å². The third kappa shape index (κ3) is 4.09. The summed E-state index contributed by atoms with van der Waals surface area (Å²) in [5.74, 6) is 0. The van der Waals surface area contributed by atoms with Crippen LogP contribution in [0.4, 0.5) is 0 Å². The van der Waals surface area contributed by atoms with Gasteiger partial charge in [-0.2, -0.15) is 0 Å². The molecular weight excluding hydrogens is 216 g/mol. The second-order valence-electron chi connectivity index (χ2n) is 4.53. The van der Waals surface area contributed by atoms with E-state index in [0.717, 1.165) is 31.9 Å². The number of rotatable bonds is 7. The van der Waals surface area contributed by atoms with Crippen molar-refractivity contribution in [1.29, 1.82) is 0 Å². The van der Waals surface area contributed by atoms with Crippen LogP contribution in [-0.4, -0.2) is 34.2 Å². The smallest absolute Gasteiger partial charge is 0.0964 e. The quantitative estimate of drug-likeness (QED) is 0.779. The summed E-state index contributed by atoms with van der Waals surface area (Å²) in [6.45, 7) is 5.38. The van der Waals surface area contributed by atoms with Crippen molar-refractivity contribution in [2.45, 2.75) is 51.8 Å². The average molecular weight is 238 g/mol. The molecule has 0 atom stereocenters. The fourth-order valence-electron chi connectivity index (χ4n) is 2.15. The monoisotopic (exact) mass is 238 g/mol. The van der Waals surface area contributed by atoms with Gasteiger partial charge in [0.1, 0.15) is 0 Å². The van der Waals surface area contributed by atoms with Crippen LogP contribution in [-0.2, 0) is 17.8 Å². The normalized spacial score (nSPS) is 16.8. The summed E-state index contributed by atoms with van der Waals surface area (Å²) in [4.78, 5) is 0. The van der Waals surface area contributed by atoms with Crippen LogP contribution >= 0.6 is 0 Å². The fraction of sp³-hybridized carbons (Fsp3) is 0.833. The fourth-order valence-corrected chi connectivity index (χ4v) is 2.15. The van der Waals surface area contributed by atoms with Gasteiger partial charge in [-0.3, -0.25) is 0 Å². The Labute approximate surface area is 103 Å². The molecule has 1 fully saturated rings. The molecule has 1 aromatic rings. The van der Waals surface area contributed by atoms with Crippen LogP contribution in [0, 0.1) is 0 Å². The van der Waals surface area contributed by atoms with Gasteiger partial charge in [0.2, 0.25) is 0 Å². The van der Waals surface area contributed by atoms with Crippen LogP contribution in [0.15, 0.2) is 6.20 Å². The number of nitrogens with one attached hydrogen (secondary N) is 1. The van der Waals surface area contributed by atoms with Gasteiger partial charge in [0.25, 0.3) is 0 Å². The minimum absolute atomic E-state index is 0.486. The lowest BCUT2D eigenvalue weighted by Crippen LogP contribution is -2.13. The molecule has 17 heavy (non-hydrogen) atoms. The number of ether oxygens (including phenoxy) is 1. The van der Waals surface area contributed by atoms with E-state index in [2.05, 4.69) is 22.6 Å². The van der Waals surface area contributed by atoms with Gasteiger partial charge in [-0.1, -0.05) is 25.0 Å². The molecule has 0 aliphatic heterocycles. The molecule has 0 radical (unpaired) electrons. The maximum atomic E-state index is 5.79. The van der Waals surface area contributed by atoms with Crippen molar-refractivity contribution < 1.29 is 4.74 Å². The zero-order chi connectivity index (χ0) is 11.9. The van der Waals surface area contributed by atoms with Crippen molar-refractivity contribution in [2.24, 2.45) is 0 Å². The van der Waals surface area contributed by atoms with E-state index < -0.39 is 0 Å². The van der Waals surface area contributed by atoms with E-state index in [-0.39, 0.29) is 0 Å². The van der Waals surface area contributed by atoms with Gasteiger partial charge in [-0.15, -0.1) is 5.10 Å². The Kier molecular flexibility index (Phi) is 4.94. The van der Waals surface area contributed by atoms with Crippen molar-refractivity contribution >= 4 is 0 Å². The van der Waals surface area contributed by atoms with Crippen molar-refractivity contribution in [3.05, 3.63) is 11.9 Å². The van der Waals surface area contributed by atoms with Crippen molar-refractivity contribution in [2.75, 3.05) is 13.2 Å². The second-order valence-corrected chi connectivity index (χ2v) is 4.53. The maximum absolute atomic E-state index is 5.79. The Bertz CT molecular complexity index is 320. The second kappa shape index (κ2) is 6.71. The van der Waals surface area contributed by atoms with Gasteiger partial charge in [-0.05, 0) is 19.4 Å². The van der Waals surface area contributed by atoms with E-state index in [1.807, 2.05) is 10.9 Å². The lowest BCUT2D eigenvalue weighted by molar-refractivity contribution is 0.0512. The molecule has 2 rings (SSSR count). The largest absolute Gasteiger partial charge is 0.376 e. The first kappa shape index (κ1) is 12.5. The van der Waals surface area contributed by atoms with Gasteiger partial charge < -0.3 is 10.1 Å². The van der Waals surface area contributed by atoms with E-state index in [9.17, 15) is 0 Å². The molecular formula is C12H22N4O. The third-order valence-corrected chi connectivity index (χ3v) is 3.12. The van der Waals surface area contributed by atoms with Gasteiger partial charge >= 0.3 is 0 Å². The SMILES string of the molecule is CCNCc1cn(CCOC2CCCC2)nn1. The molecule has 0 amide bonds. The van der Waals surface area contributed by atoms with Crippen LogP contribution in [0.1, 0.15) is 38.3 Å². The van der Waals surface area contributed by atoms with Gasteiger partial charge in [-0.25, -0.2) is 4.68 Å². The van der Waals surface area contributed by atoms with E-state index >= 15 is 0 Å². The van der Waals surface area contributed by atoms with Gasteiger partial charge in [0.05, 0.1) is 24.9 Å². The summed E-state index contributed by atoms with van der Waals surface area (Å²) in [7, 11) is 0. The highest BCUT2D eigenvalue weighted by molar-refractivity contribution is 4.91. The molecule has 1 aliphatic carbocycles. The Hall–Kier alpha value is -0.940. The minimum Gasteiger partial charge on any atom is -0.376 e. The highest BCUT2D eigenvalue weighted by Gasteiger charge is 2.14. The standard InChI is InChI=1S/C12H22N4O/c1-2-13-9-11-10-16(15-14-11)7-8-17-12-5-3-4-6-12/h10,12-13H,2-9H2,1H3. The van der Waals surface area contributed by atoms with E-state index in [1.165, 1.54) is 25.7 Å². The molecule has 5 nitrogen and oxygen atoms in total. The van der Waals surface area contributed by atoms with E-state index in [0.29, 0.717) is 6.10 Å². The zero-order valence-electron chi connectivity index (χ0n) is 10.6. The summed E-state index contributed by atoms with van der Waals surface area (Å²) in [5.41, 5.74) is 0.993. The third-order valence-electron chi connectivity index (χ3n) is 3.12. The van der Waals surface area contributed by atoms with Crippen LogP contribution in [0.3, 0.4) is 0 Å². The van der Waals surface area contributed by atoms with Gasteiger partial charge in [0, 0.05) is 12.7 Å². The maximum Gasteiger partial charge on any atom is 0.0964 e. The summed E-state index contributed by atoms with van der Waals surface area (Å²) >= 11 is 0. The summed E-state index contributed by atoms with van der Waals surface area (Å²) < 4.78 is 7.66. The summed E-state index contributed by atoms with van der Waals surface area (Å²) in [6.07, 6.45) is 7.56. The predicted molar refractivity (Wildman–Crippen MR) is 65.6 cm³/mol. The summed E-state index contributed by atoms with van der Waals surface area (Å²) in [6, 6.07) is 0. The zero-order valence-corrected chi connectivity index (χ0v) is 10.6. The van der Waals surface area contributed by atoms with Crippen LogP contribution in [0.2, 0.25) is 0 Å². The van der Waals surface area contributed by atoms with Crippen molar-refractivity contribution in [1.82, 2.24) is 20.3 Å². The Morgan fingerprint density at radius 3 is 3.06 bits per heavy atom. The lowest BCUT2D eigenvalue weighted by atomic mass is 10.3. The number of nitrogens with zero attached hydrogens (tertiary/aromatic N) is 3. The molecule has 1 aliphatic rings. The van der Waals surface area contributed by atoms with E-state index in [4.69, 9.17) is 4.74 Å². The summed E-state index contributed by atoms with van der Waals surface area (Å²) in [5, 5.41) is 11.4. The van der Waals surface area contributed by atoms with Crippen LogP contribution in [0.25, 0.3) is 0 Å². The van der Waals surface area contributed by atoms with Crippen molar-refractivity contribution in [3.8, 4) is 0 Å². The molecule has 1 heterocycles. The molecule has 0 aromatic carbocycles. The molecule has 96 valence electrons. The van der Waals surface area contributed by atoms with Crippen LogP contribution in [0.5, 0.6) is 0 Å². The first-order valence-electron chi connectivity index (χ1n) is 6.60. The molecule has 0 spiro atoms. The molecule has 0 unspecified atom stereocenters. The Morgan fingerprint density at radius 2 is 2.29 bits per heavy atom. The molecule has 1 N–H and O–H groups in total. The van der Waals surface area contributed by atoms with Gasteiger partial charge in [0.15, 0.2) is 0 Å². The average Bonchev–Trinajstić information content (AvgIpc) is 2.98. The molecule has 5 heteroatoms. The minimum atomic E-state index is 0.486. The number of hydrogen-bond donors (Lipinski definition) is 1.